The van der Waals surface area contributed by atoms with Gasteiger partial charge in [-0.25, -0.2) is 0 Å². The van der Waals surface area contributed by atoms with Crippen LogP contribution in [0.15, 0.2) is 6.20 Å². The van der Waals surface area contributed by atoms with Gasteiger partial charge in [0.1, 0.15) is 6.42 Å². The predicted molar refractivity (Wildman–Crippen MR) is 43.1 cm³/mol. The molecule has 66 valence electrons. The van der Waals surface area contributed by atoms with Crippen molar-refractivity contribution in [2.45, 2.75) is 19.5 Å². The monoisotopic (exact) mass is 176 g/mol. The van der Waals surface area contributed by atoms with E-state index in [4.69, 9.17) is 5.26 Å². The number of carbonyl (C=O) groups excluding carboxylic acids is 1. The number of hydrogen-bond acceptors (Lipinski definition) is 3. The molecule has 0 atom stereocenters. The van der Waals surface area contributed by atoms with Crippen LogP contribution in [0.5, 0.6) is 0 Å². The Kier molecular flexibility index (Phi) is 1.74. The van der Waals surface area contributed by atoms with Crippen LogP contribution in [0.4, 0.5) is 0 Å². The lowest BCUT2D eigenvalue weighted by Crippen LogP contribution is -2.24. The third-order valence-corrected chi connectivity index (χ3v) is 2.10. The van der Waals surface area contributed by atoms with E-state index in [0.717, 1.165) is 11.3 Å². The number of amides is 1. The molecule has 2 rings (SSSR count). The Balaban J connectivity index is 2.06. The number of nitrogens with one attached hydrogen (secondary N) is 1. The van der Waals surface area contributed by atoms with Gasteiger partial charge in [0.05, 0.1) is 24.5 Å². The van der Waals surface area contributed by atoms with Gasteiger partial charge in [0.2, 0.25) is 5.91 Å². The average molecular weight is 176 g/mol. The van der Waals surface area contributed by atoms with E-state index in [1.54, 1.807) is 11.1 Å². The van der Waals surface area contributed by atoms with Crippen molar-refractivity contribution in [3.63, 3.8) is 0 Å². The molecule has 1 aliphatic rings. The zero-order valence-electron chi connectivity index (χ0n) is 6.95. The third kappa shape index (κ3) is 1.26. The lowest BCUT2D eigenvalue weighted by molar-refractivity contribution is -0.130. The summed E-state index contributed by atoms with van der Waals surface area (Å²) in [6.07, 6.45) is 1.67. The summed E-state index contributed by atoms with van der Waals surface area (Å²) in [4.78, 5) is 12.9. The molecule has 1 aromatic heterocycles. The number of rotatable bonds is 1. The first-order valence-electron chi connectivity index (χ1n) is 3.97. The Morgan fingerprint density at radius 3 is 3.31 bits per heavy atom. The van der Waals surface area contributed by atoms with E-state index in [-0.39, 0.29) is 12.3 Å². The molecule has 5 nitrogen and oxygen atoms in total. The summed E-state index contributed by atoms with van der Waals surface area (Å²) in [5.41, 5.74) is 2.03. The molecule has 0 aliphatic carbocycles. The van der Waals surface area contributed by atoms with Crippen LogP contribution in [0, 0.1) is 11.3 Å². The highest BCUT2D eigenvalue weighted by molar-refractivity contribution is 5.78. The van der Waals surface area contributed by atoms with Crippen LogP contribution in [0.25, 0.3) is 0 Å². The van der Waals surface area contributed by atoms with Crippen molar-refractivity contribution in [3.05, 3.63) is 17.5 Å². The van der Waals surface area contributed by atoms with Gasteiger partial charge in [0, 0.05) is 12.1 Å². The molecule has 0 aromatic carbocycles. The summed E-state index contributed by atoms with van der Waals surface area (Å²) in [5, 5.41) is 15.0. The number of carbonyl (C=O) groups is 1. The van der Waals surface area contributed by atoms with Crippen molar-refractivity contribution in [2.24, 2.45) is 0 Å². The molecule has 1 aliphatic heterocycles. The molecule has 1 aromatic rings. The van der Waals surface area contributed by atoms with Gasteiger partial charge in [0.25, 0.3) is 0 Å². The highest BCUT2D eigenvalue weighted by Gasteiger charge is 2.23. The number of fused-ring (bicyclic) bond motifs is 1. The minimum Gasteiger partial charge on any atom is -0.331 e. The molecule has 0 spiro atoms. The molecule has 2 heterocycles. The van der Waals surface area contributed by atoms with E-state index in [2.05, 4.69) is 10.2 Å². The largest absolute Gasteiger partial charge is 0.331 e. The number of aromatic amines is 1. The zero-order valence-corrected chi connectivity index (χ0v) is 6.95. The van der Waals surface area contributed by atoms with E-state index in [0.29, 0.717) is 13.1 Å². The first-order chi connectivity index (χ1) is 6.31. The number of H-pyrrole nitrogens is 1. The zero-order chi connectivity index (χ0) is 9.26. The van der Waals surface area contributed by atoms with Gasteiger partial charge in [-0.1, -0.05) is 0 Å². The van der Waals surface area contributed by atoms with Crippen molar-refractivity contribution < 1.29 is 4.79 Å². The minimum atomic E-state index is -0.118. The van der Waals surface area contributed by atoms with Gasteiger partial charge < -0.3 is 4.90 Å². The third-order valence-electron chi connectivity index (χ3n) is 2.10. The first-order valence-corrected chi connectivity index (χ1v) is 3.97. The van der Waals surface area contributed by atoms with E-state index in [1.807, 2.05) is 6.07 Å². The van der Waals surface area contributed by atoms with Gasteiger partial charge in [-0.2, -0.15) is 10.4 Å². The van der Waals surface area contributed by atoms with Crippen LogP contribution in [-0.2, 0) is 17.9 Å². The Labute approximate surface area is 75.0 Å². The SMILES string of the molecule is N#CCC(=O)N1Cc2cn[nH]c2C1. The maximum absolute atomic E-state index is 11.3. The van der Waals surface area contributed by atoms with Crippen molar-refractivity contribution >= 4 is 5.91 Å². The van der Waals surface area contributed by atoms with Crippen LogP contribution in [0.3, 0.4) is 0 Å². The normalized spacial score (nSPS) is 13.9. The Morgan fingerprint density at radius 2 is 2.62 bits per heavy atom. The van der Waals surface area contributed by atoms with E-state index in [1.165, 1.54) is 0 Å². The molecule has 0 bridgehead atoms. The van der Waals surface area contributed by atoms with Gasteiger partial charge in [0.15, 0.2) is 0 Å². The number of aromatic nitrogens is 2. The van der Waals surface area contributed by atoms with Crippen molar-refractivity contribution in [1.82, 2.24) is 15.1 Å². The Bertz CT molecular complexity index is 355. The fourth-order valence-electron chi connectivity index (χ4n) is 1.42. The van der Waals surface area contributed by atoms with Gasteiger partial charge in [-0.3, -0.25) is 9.89 Å². The summed E-state index contributed by atoms with van der Waals surface area (Å²) < 4.78 is 0. The van der Waals surface area contributed by atoms with Crippen molar-refractivity contribution in [2.75, 3.05) is 0 Å². The van der Waals surface area contributed by atoms with Gasteiger partial charge in [-0.15, -0.1) is 0 Å². The molecule has 1 amide bonds. The smallest absolute Gasteiger partial charge is 0.237 e. The Morgan fingerprint density at radius 1 is 1.77 bits per heavy atom. The summed E-state index contributed by atoms with van der Waals surface area (Å²) in [7, 11) is 0. The van der Waals surface area contributed by atoms with E-state index < -0.39 is 0 Å². The maximum atomic E-state index is 11.3. The maximum Gasteiger partial charge on any atom is 0.237 e. The second-order valence-electron chi connectivity index (χ2n) is 2.96. The van der Waals surface area contributed by atoms with Crippen LogP contribution >= 0.6 is 0 Å². The summed E-state index contributed by atoms with van der Waals surface area (Å²) in [5.74, 6) is -0.118. The summed E-state index contributed by atoms with van der Waals surface area (Å²) in [6.45, 7) is 1.13. The second kappa shape index (κ2) is 2.90. The number of hydrogen-bond donors (Lipinski definition) is 1. The average Bonchev–Trinajstić information content (AvgIpc) is 2.61. The topological polar surface area (TPSA) is 72.8 Å². The number of nitrogens with zero attached hydrogens (tertiary/aromatic N) is 3. The van der Waals surface area contributed by atoms with Gasteiger partial charge >= 0.3 is 0 Å². The molecule has 13 heavy (non-hydrogen) atoms. The lowest BCUT2D eigenvalue weighted by atomic mass is 10.3. The predicted octanol–water partition coefficient (Wildman–Crippen LogP) is 0.166. The second-order valence-corrected chi connectivity index (χ2v) is 2.96. The fraction of sp³-hybridized carbons (Fsp3) is 0.375. The standard InChI is InChI=1S/C8H8N4O/c9-2-1-8(13)12-4-6-3-10-11-7(6)5-12/h3H,1,4-5H2,(H,10,11). The lowest BCUT2D eigenvalue weighted by Gasteiger charge is -2.12. The van der Waals surface area contributed by atoms with Crippen LogP contribution < -0.4 is 0 Å². The van der Waals surface area contributed by atoms with E-state index >= 15 is 0 Å². The molecule has 0 saturated heterocycles. The molecule has 0 unspecified atom stereocenters. The van der Waals surface area contributed by atoms with Gasteiger partial charge in [-0.05, 0) is 0 Å². The van der Waals surface area contributed by atoms with Crippen LogP contribution in [0.1, 0.15) is 17.7 Å². The molecular formula is C8H8N4O. The highest BCUT2D eigenvalue weighted by atomic mass is 16.2. The molecule has 1 N–H and O–H groups in total. The molecular weight excluding hydrogens is 168 g/mol. The van der Waals surface area contributed by atoms with Crippen molar-refractivity contribution in [1.29, 1.82) is 5.26 Å². The highest BCUT2D eigenvalue weighted by Crippen LogP contribution is 2.20. The molecule has 0 radical (unpaired) electrons. The number of nitriles is 1. The molecule has 0 fully saturated rings. The van der Waals surface area contributed by atoms with E-state index in [9.17, 15) is 4.79 Å². The fourth-order valence-corrected chi connectivity index (χ4v) is 1.42. The van der Waals surface area contributed by atoms with Crippen molar-refractivity contribution in [3.8, 4) is 6.07 Å². The van der Waals surface area contributed by atoms with Crippen LogP contribution in [0.2, 0.25) is 0 Å². The first kappa shape index (κ1) is 7.80. The quantitative estimate of drug-likeness (QED) is 0.662. The van der Waals surface area contributed by atoms with Crippen LogP contribution in [-0.4, -0.2) is 21.0 Å². The summed E-state index contributed by atoms with van der Waals surface area (Å²) in [6, 6.07) is 1.85. The summed E-state index contributed by atoms with van der Waals surface area (Å²) >= 11 is 0. The molecule has 0 saturated carbocycles. The Hall–Kier alpha value is -1.83. The molecule has 5 heteroatoms. The minimum absolute atomic E-state index is 0.0439.